The summed E-state index contributed by atoms with van der Waals surface area (Å²) >= 11 is 0. The molecule has 0 unspecified atom stereocenters. The quantitative estimate of drug-likeness (QED) is 0.654. The minimum absolute atomic E-state index is 0.118. The van der Waals surface area contributed by atoms with E-state index in [0.717, 1.165) is 17.2 Å². The van der Waals surface area contributed by atoms with Gasteiger partial charge in [-0.1, -0.05) is 11.6 Å². The molecule has 0 radical (unpaired) electrons. The van der Waals surface area contributed by atoms with Crippen molar-refractivity contribution in [2.75, 3.05) is 0 Å². The number of carbonyl (C=O) groups excluding carboxylic acids is 2. The Hall–Kier alpha value is -1.90. The molecule has 0 saturated heterocycles. The molecule has 0 aliphatic heterocycles. The van der Waals surface area contributed by atoms with Crippen LogP contribution in [0.1, 0.15) is 27.0 Å². The third-order valence-corrected chi connectivity index (χ3v) is 2.47. The topological polar surface area (TPSA) is 54.4 Å². The molecule has 0 heterocycles. The zero-order chi connectivity index (χ0) is 11.2. The first-order valence-electron chi connectivity index (χ1n) is 4.61. The minimum atomic E-state index is -0.662. The van der Waals surface area contributed by atoms with Crippen LogP contribution in [0.4, 0.5) is 0 Å². The van der Waals surface area contributed by atoms with Crippen molar-refractivity contribution in [1.29, 1.82) is 0 Å². The lowest BCUT2D eigenvalue weighted by atomic mass is 9.89. The number of hydrogen-bond donors (Lipinski definition) is 1. The molecule has 1 aliphatic carbocycles. The average Bonchev–Trinajstić information content (AvgIpc) is 2.12. The normalized spacial score (nSPS) is 14.9. The molecule has 0 spiro atoms. The molecule has 0 atom stereocenters. The van der Waals surface area contributed by atoms with Crippen LogP contribution in [0.2, 0.25) is 0 Å². The molecule has 0 aromatic heterocycles. The smallest absolute Gasteiger partial charge is 0.233 e. The van der Waals surface area contributed by atoms with Crippen molar-refractivity contribution >= 4 is 17.3 Å². The molecular weight excluding hydrogens is 192 g/mol. The Labute approximate surface area is 87.0 Å². The fourth-order valence-electron chi connectivity index (χ4n) is 1.88. The van der Waals surface area contributed by atoms with Crippen LogP contribution >= 0.6 is 0 Å². The lowest BCUT2D eigenvalue weighted by Gasteiger charge is -2.15. The summed E-state index contributed by atoms with van der Waals surface area (Å²) in [5, 5.41) is 9.61. The first-order chi connectivity index (χ1) is 7.00. The van der Waals surface area contributed by atoms with Crippen LogP contribution < -0.4 is 0 Å². The van der Waals surface area contributed by atoms with E-state index in [0.29, 0.717) is 11.1 Å². The van der Waals surface area contributed by atoms with Gasteiger partial charge in [0.05, 0.1) is 0 Å². The van der Waals surface area contributed by atoms with Gasteiger partial charge in [0.15, 0.2) is 0 Å². The predicted octanol–water partition coefficient (Wildman–Crippen LogP) is 1.97. The number of rotatable bonds is 0. The first kappa shape index (κ1) is 9.65. The maximum absolute atomic E-state index is 11.6. The predicted molar refractivity (Wildman–Crippen MR) is 55.9 cm³/mol. The van der Waals surface area contributed by atoms with Crippen molar-refractivity contribution in [2.45, 2.75) is 13.8 Å². The summed E-state index contributed by atoms with van der Waals surface area (Å²) in [6.07, 6.45) is 0.979. The summed E-state index contributed by atoms with van der Waals surface area (Å²) in [6, 6.07) is 3.50. The zero-order valence-corrected chi connectivity index (χ0v) is 8.50. The number of benzene rings is 1. The second-order valence-corrected chi connectivity index (χ2v) is 3.73. The van der Waals surface area contributed by atoms with Crippen LogP contribution in [-0.2, 0) is 4.79 Å². The van der Waals surface area contributed by atoms with Gasteiger partial charge in [-0.25, -0.2) is 0 Å². The third kappa shape index (κ3) is 1.36. The largest absolute Gasteiger partial charge is 0.507 e. The van der Waals surface area contributed by atoms with Gasteiger partial charge in [-0.15, -0.1) is 0 Å². The monoisotopic (exact) mass is 202 g/mol. The number of fused-ring (bicyclic) bond motifs is 1. The Bertz CT molecular complexity index is 510. The number of Topliss-reactive ketones (excluding diaryl/α,β-unsaturated/α-hetero) is 1. The average molecular weight is 202 g/mol. The highest BCUT2D eigenvalue weighted by molar-refractivity contribution is 6.50. The molecule has 1 N–H and O–H groups in total. The lowest BCUT2D eigenvalue weighted by molar-refractivity contribution is -0.111. The number of aliphatic hydroxyl groups excluding tert-OH is 1. The summed E-state index contributed by atoms with van der Waals surface area (Å²) in [7, 11) is 0. The SMILES string of the molecule is Cc1cc(C)c2c(c1)C(=O)C(=O)C=C2O. The van der Waals surface area contributed by atoms with E-state index in [1.54, 1.807) is 13.0 Å². The summed E-state index contributed by atoms with van der Waals surface area (Å²) < 4.78 is 0. The molecule has 0 saturated carbocycles. The van der Waals surface area contributed by atoms with Crippen LogP contribution in [-0.4, -0.2) is 16.7 Å². The van der Waals surface area contributed by atoms with E-state index in [4.69, 9.17) is 0 Å². The Balaban J connectivity index is 2.80. The van der Waals surface area contributed by atoms with Gasteiger partial charge in [0.1, 0.15) is 5.76 Å². The van der Waals surface area contributed by atoms with Crippen molar-refractivity contribution in [3.8, 4) is 0 Å². The van der Waals surface area contributed by atoms with E-state index in [2.05, 4.69) is 0 Å². The first-order valence-corrected chi connectivity index (χ1v) is 4.61. The molecule has 1 aromatic rings. The number of hydrogen-bond acceptors (Lipinski definition) is 3. The Morgan fingerprint density at radius 2 is 1.80 bits per heavy atom. The molecule has 0 amide bonds. The van der Waals surface area contributed by atoms with Gasteiger partial charge in [0.2, 0.25) is 11.6 Å². The molecule has 0 bridgehead atoms. The Morgan fingerprint density at radius 3 is 2.47 bits per heavy atom. The van der Waals surface area contributed by atoms with E-state index in [-0.39, 0.29) is 5.76 Å². The van der Waals surface area contributed by atoms with Crippen molar-refractivity contribution in [2.24, 2.45) is 0 Å². The van der Waals surface area contributed by atoms with Crippen LogP contribution in [0, 0.1) is 13.8 Å². The molecule has 76 valence electrons. The van der Waals surface area contributed by atoms with Crippen LogP contribution in [0.5, 0.6) is 0 Å². The summed E-state index contributed by atoms with van der Waals surface area (Å²) in [4.78, 5) is 22.8. The van der Waals surface area contributed by atoms with Gasteiger partial charge in [-0.3, -0.25) is 9.59 Å². The lowest BCUT2D eigenvalue weighted by Crippen LogP contribution is -2.19. The highest BCUT2D eigenvalue weighted by Crippen LogP contribution is 2.27. The van der Waals surface area contributed by atoms with Crippen LogP contribution in [0.3, 0.4) is 0 Å². The van der Waals surface area contributed by atoms with Crippen LogP contribution in [0.25, 0.3) is 5.76 Å². The van der Waals surface area contributed by atoms with Crippen molar-refractivity contribution in [1.82, 2.24) is 0 Å². The fraction of sp³-hybridized carbons (Fsp3) is 0.167. The Kier molecular flexibility index (Phi) is 1.96. The third-order valence-electron chi connectivity index (χ3n) is 2.47. The van der Waals surface area contributed by atoms with Gasteiger partial charge in [-0.2, -0.15) is 0 Å². The molecule has 1 aromatic carbocycles. The summed E-state index contributed by atoms with van der Waals surface area (Å²) in [5.41, 5.74) is 2.49. The second kappa shape index (κ2) is 3.05. The van der Waals surface area contributed by atoms with E-state index in [1.807, 2.05) is 13.0 Å². The van der Waals surface area contributed by atoms with Crippen molar-refractivity contribution < 1.29 is 14.7 Å². The standard InChI is InChI=1S/C12H10O3/c1-6-3-7(2)11-8(4-6)12(15)10(14)5-9(11)13/h3-5,13H,1-2H3. The number of aliphatic hydroxyl groups is 1. The minimum Gasteiger partial charge on any atom is -0.507 e. The molecule has 1 aliphatic rings. The van der Waals surface area contributed by atoms with Gasteiger partial charge in [-0.05, 0) is 25.5 Å². The van der Waals surface area contributed by atoms with Gasteiger partial charge < -0.3 is 5.11 Å². The van der Waals surface area contributed by atoms with Gasteiger partial charge >= 0.3 is 0 Å². The molecule has 15 heavy (non-hydrogen) atoms. The summed E-state index contributed by atoms with van der Waals surface area (Å²) in [6.45, 7) is 3.65. The van der Waals surface area contributed by atoms with E-state index >= 15 is 0 Å². The molecular formula is C12H10O3. The molecule has 0 fully saturated rings. The van der Waals surface area contributed by atoms with Crippen molar-refractivity contribution in [3.05, 3.63) is 40.5 Å². The fourth-order valence-corrected chi connectivity index (χ4v) is 1.88. The van der Waals surface area contributed by atoms with Crippen LogP contribution in [0.15, 0.2) is 18.2 Å². The molecule has 3 nitrogen and oxygen atoms in total. The number of carbonyl (C=O) groups is 2. The summed E-state index contributed by atoms with van der Waals surface area (Å²) in [5.74, 6) is -1.33. The maximum Gasteiger partial charge on any atom is 0.233 e. The van der Waals surface area contributed by atoms with E-state index < -0.39 is 11.6 Å². The van der Waals surface area contributed by atoms with E-state index in [9.17, 15) is 14.7 Å². The highest BCUT2D eigenvalue weighted by Gasteiger charge is 2.26. The number of aryl methyl sites for hydroxylation is 2. The van der Waals surface area contributed by atoms with Crippen molar-refractivity contribution in [3.63, 3.8) is 0 Å². The van der Waals surface area contributed by atoms with E-state index in [1.165, 1.54) is 0 Å². The van der Waals surface area contributed by atoms with Gasteiger partial charge in [0, 0.05) is 17.2 Å². The molecule has 3 heteroatoms. The number of allylic oxidation sites excluding steroid dienone is 1. The molecule has 2 rings (SSSR count). The maximum atomic E-state index is 11.6. The Morgan fingerprint density at radius 1 is 1.13 bits per heavy atom. The van der Waals surface area contributed by atoms with Gasteiger partial charge in [0.25, 0.3) is 0 Å². The number of ketones is 2. The zero-order valence-electron chi connectivity index (χ0n) is 8.50. The highest BCUT2D eigenvalue weighted by atomic mass is 16.3. The second-order valence-electron chi connectivity index (χ2n) is 3.73.